The zero-order chi connectivity index (χ0) is 13.0. The minimum Gasteiger partial charge on any atom is -0.307 e. The van der Waals surface area contributed by atoms with Gasteiger partial charge in [0.15, 0.2) is 0 Å². The minimum absolute atomic E-state index is 0.398. The fourth-order valence-electron chi connectivity index (χ4n) is 1.48. The van der Waals surface area contributed by atoms with E-state index in [9.17, 15) is 14.4 Å². The van der Waals surface area contributed by atoms with Crippen molar-refractivity contribution < 1.29 is 14.4 Å². The lowest BCUT2D eigenvalue weighted by atomic mass is 10.3. The molecule has 0 aliphatic heterocycles. The Balaban J connectivity index is 2.31. The molecule has 0 spiro atoms. The molecule has 2 aromatic carbocycles. The molecule has 0 radical (unpaired) electrons. The predicted molar refractivity (Wildman–Crippen MR) is 71.0 cm³/mol. The van der Waals surface area contributed by atoms with Gasteiger partial charge in [0.1, 0.15) is 0 Å². The van der Waals surface area contributed by atoms with Crippen LogP contribution in [-0.4, -0.2) is 9.79 Å². The molecule has 0 atom stereocenters. The first-order valence-electron chi connectivity index (χ1n) is 5.30. The van der Waals surface area contributed by atoms with Crippen molar-refractivity contribution in [1.82, 2.24) is 0 Å². The third-order valence-corrected chi connectivity index (χ3v) is 3.12. The summed E-state index contributed by atoms with van der Waals surface area (Å²) in [7, 11) is -4.44. The molecule has 0 unspecified atom stereocenters. The van der Waals surface area contributed by atoms with Crippen molar-refractivity contribution in [2.24, 2.45) is 0 Å². The molecule has 0 saturated carbocycles. The van der Waals surface area contributed by atoms with Gasteiger partial charge in [-0.1, -0.05) is 36.4 Å². The Kier molecular flexibility index (Phi) is 3.67. The number of anilines is 2. The smallest absolute Gasteiger partial charge is 0.307 e. The fraction of sp³-hybridized carbons (Fsp3) is 0. The van der Waals surface area contributed by atoms with E-state index < -0.39 is 7.75 Å². The largest absolute Gasteiger partial charge is 0.448 e. The number of rotatable bonds is 4. The number of hydrogen-bond donors (Lipinski definition) is 3. The number of hydrogen-bond acceptors (Lipinski definition) is 2. The van der Waals surface area contributed by atoms with Crippen molar-refractivity contribution in [1.29, 1.82) is 0 Å². The molecular formula is C12H13N2O3P. The Bertz CT molecular complexity index is 542. The second-order valence-electron chi connectivity index (χ2n) is 3.64. The van der Waals surface area contributed by atoms with Crippen LogP contribution in [0.2, 0.25) is 0 Å². The predicted octanol–water partition coefficient (Wildman–Crippen LogP) is 2.61. The zero-order valence-corrected chi connectivity index (χ0v) is 10.4. The van der Waals surface area contributed by atoms with Crippen molar-refractivity contribution in [2.45, 2.75) is 0 Å². The van der Waals surface area contributed by atoms with E-state index in [2.05, 4.69) is 5.43 Å². The van der Waals surface area contributed by atoms with E-state index in [0.29, 0.717) is 11.4 Å². The molecule has 0 saturated heterocycles. The van der Waals surface area contributed by atoms with Gasteiger partial charge in [0.05, 0.1) is 11.4 Å². The van der Waals surface area contributed by atoms with Crippen molar-refractivity contribution >= 4 is 19.1 Å². The maximum atomic E-state index is 11.5. The maximum Gasteiger partial charge on any atom is 0.448 e. The van der Waals surface area contributed by atoms with Crippen LogP contribution in [0.25, 0.3) is 0 Å². The molecule has 0 aromatic heterocycles. The maximum absolute atomic E-state index is 11.5. The lowest BCUT2D eigenvalue weighted by Gasteiger charge is -2.26. The van der Waals surface area contributed by atoms with Gasteiger partial charge < -0.3 is 9.79 Å². The average molecular weight is 264 g/mol. The first-order chi connectivity index (χ1) is 8.57. The Morgan fingerprint density at radius 1 is 0.889 bits per heavy atom. The summed E-state index contributed by atoms with van der Waals surface area (Å²) in [4.78, 5) is 18.7. The van der Waals surface area contributed by atoms with Gasteiger partial charge in [-0.15, -0.1) is 0 Å². The first-order valence-corrected chi connectivity index (χ1v) is 6.87. The summed E-state index contributed by atoms with van der Waals surface area (Å²) in [6.45, 7) is 0. The van der Waals surface area contributed by atoms with E-state index in [1.54, 1.807) is 54.6 Å². The first kappa shape index (κ1) is 12.6. The van der Waals surface area contributed by atoms with Crippen molar-refractivity contribution in [3.05, 3.63) is 60.7 Å². The average Bonchev–Trinajstić information content (AvgIpc) is 2.37. The lowest BCUT2D eigenvalue weighted by molar-refractivity contribution is 0.371. The Labute approximate surface area is 105 Å². The molecule has 2 aromatic rings. The van der Waals surface area contributed by atoms with Gasteiger partial charge in [0, 0.05) is 0 Å². The molecule has 0 amide bonds. The third kappa shape index (κ3) is 3.11. The summed E-state index contributed by atoms with van der Waals surface area (Å²) in [6, 6.07) is 17.3. The zero-order valence-electron chi connectivity index (χ0n) is 9.47. The summed E-state index contributed by atoms with van der Waals surface area (Å²) in [6.07, 6.45) is 0. The van der Waals surface area contributed by atoms with E-state index in [-0.39, 0.29) is 0 Å². The summed E-state index contributed by atoms with van der Waals surface area (Å²) in [5.74, 6) is 0. The minimum atomic E-state index is -4.44. The van der Waals surface area contributed by atoms with Gasteiger partial charge in [-0.2, -0.15) is 4.78 Å². The van der Waals surface area contributed by atoms with Gasteiger partial charge in [-0.3, -0.25) is 5.43 Å². The van der Waals surface area contributed by atoms with E-state index in [0.717, 1.165) is 4.78 Å². The quantitative estimate of drug-likeness (QED) is 0.584. The number of hydrazine groups is 1. The van der Waals surface area contributed by atoms with Crippen LogP contribution in [0.1, 0.15) is 0 Å². The molecule has 18 heavy (non-hydrogen) atoms. The fourth-order valence-corrected chi connectivity index (χ4v) is 2.16. The molecular weight excluding hydrogens is 251 g/mol. The van der Waals surface area contributed by atoms with Gasteiger partial charge in [0.2, 0.25) is 0 Å². The Morgan fingerprint density at radius 3 is 1.89 bits per heavy atom. The standard InChI is InChI=1S/C12H13N2O3P/c15-18(16,17)14(12-9-5-2-6-10-12)13-11-7-3-1-4-8-11/h1-10,13H,(H2,15,16,17). The number of nitrogens with one attached hydrogen (secondary N) is 1. The molecule has 0 bridgehead atoms. The highest BCUT2D eigenvalue weighted by Gasteiger charge is 2.26. The van der Waals surface area contributed by atoms with Crippen LogP contribution in [0.4, 0.5) is 11.4 Å². The van der Waals surface area contributed by atoms with Crippen LogP contribution in [0.3, 0.4) is 0 Å². The van der Waals surface area contributed by atoms with E-state index >= 15 is 0 Å². The van der Waals surface area contributed by atoms with Crippen molar-refractivity contribution in [3.63, 3.8) is 0 Å². The van der Waals surface area contributed by atoms with Crippen molar-refractivity contribution in [2.75, 3.05) is 10.2 Å². The second-order valence-corrected chi connectivity index (χ2v) is 5.07. The van der Waals surface area contributed by atoms with E-state index in [4.69, 9.17) is 0 Å². The third-order valence-electron chi connectivity index (χ3n) is 2.27. The van der Waals surface area contributed by atoms with Crippen LogP contribution in [0.15, 0.2) is 60.7 Å². The van der Waals surface area contributed by atoms with Crippen LogP contribution in [0.5, 0.6) is 0 Å². The monoisotopic (exact) mass is 264 g/mol. The molecule has 0 aliphatic rings. The number of nitrogens with zero attached hydrogens (tertiary/aromatic N) is 1. The van der Waals surface area contributed by atoms with Crippen LogP contribution in [0, 0.1) is 0 Å². The highest BCUT2D eigenvalue weighted by molar-refractivity contribution is 7.53. The van der Waals surface area contributed by atoms with Gasteiger partial charge in [-0.25, -0.2) is 4.57 Å². The Hall–Kier alpha value is -1.81. The Morgan fingerprint density at radius 2 is 1.39 bits per heavy atom. The van der Waals surface area contributed by atoms with E-state index in [1.165, 1.54) is 0 Å². The van der Waals surface area contributed by atoms with Gasteiger partial charge in [0.25, 0.3) is 0 Å². The molecule has 5 nitrogen and oxygen atoms in total. The molecule has 0 aliphatic carbocycles. The summed E-state index contributed by atoms with van der Waals surface area (Å²) < 4.78 is 12.3. The summed E-state index contributed by atoms with van der Waals surface area (Å²) >= 11 is 0. The highest BCUT2D eigenvalue weighted by Crippen LogP contribution is 2.43. The molecule has 6 heteroatoms. The van der Waals surface area contributed by atoms with Crippen LogP contribution < -0.4 is 10.2 Å². The molecule has 0 fully saturated rings. The normalized spacial score (nSPS) is 11.0. The lowest BCUT2D eigenvalue weighted by Crippen LogP contribution is -2.26. The van der Waals surface area contributed by atoms with Crippen LogP contribution in [-0.2, 0) is 4.57 Å². The SMILES string of the molecule is O=P(O)(O)N(Nc1ccccc1)c1ccccc1. The summed E-state index contributed by atoms with van der Waals surface area (Å²) in [5, 5.41) is 0. The summed E-state index contributed by atoms with van der Waals surface area (Å²) in [5.41, 5.74) is 3.70. The molecule has 0 heterocycles. The molecule has 3 N–H and O–H groups in total. The van der Waals surface area contributed by atoms with Crippen molar-refractivity contribution in [3.8, 4) is 0 Å². The highest BCUT2D eigenvalue weighted by atomic mass is 31.2. The molecule has 94 valence electrons. The van der Waals surface area contributed by atoms with Crippen LogP contribution >= 0.6 is 7.75 Å². The van der Waals surface area contributed by atoms with E-state index in [1.807, 2.05) is 6.07 Å². The van der Waals surface area contributed by atoms with Gasteiger partial charge >= 0.3 is 7.75 Å². The number of benzene rings is 2. The topological polar surface area (TPSA) is 72.8 Å². The second kappa shape index (κ2) is 5.23. The number of para-hydroxylation sites is 2. The molecule has 2 rings (SSSR count). The van der Waals surface area contributed by atoms with Gasteiger partial charge in [-0.05, 0) is 24.3 Å².